The molecule has 182 valence electrons. The van der Waals surface area contributed by atoms with E-state index in [9.17, 15) is 9.59 Å². The molecule has 2 heterocycles. The van der Waals surface area contributed by atoms with E-state index in [-0.39, 0.29) is 11.5 Å². The molecule has 0 aliphatic carbocycles. The maximum atomic E-state index is 13.7. The number of unbranched alkanes of at least 4 members (excludes halogenated alkanes) is 1. The summed E-state index contributed by atoms with van der Waals surface area (Å²) in [6, 6.07) is 22.1. The van der Waals surface area contributed by atoms with E-state index >= 15 is 0 Å². The van der Waals surface area contributed by atoms with Crippen molar-refractivity contribution in [3.63, 3.8) is 0 Å². The highest BCUT2D eigenvalue weighted by Crippen LogP contribution is 2.30. The van der Waals surface area contributed by atoms with E-state index in [4.69, 9.17) is 0 Å². The average molecular weight is 479 g/mol. The number of pyridine rings is 2. The van der Waals surface area contributed by atoms with Gasteiger partial charge in [-0.25, -0.2) is 9.69 Å². The van der Waals surface area contributed by atoms with Crippen molar-refractivity contribution < 1.29 is 4.79 Å². The Bertz CT molecular complexity index is 1460. The van der Waals surface area contributed by atoms with Crippen LogP contribution in [0.2, 0.25) is 0 Å². The molecule has 4 aromatic rings. The van der Waals surface area contributed by atoms with Crippen LogP contribution in [0.25, 0.3) is 16.6 Å². The first-order valence-electron chi connectivity index (χ1n) is 12.0. The van der Waals surface area contributed by atoms with Crippen molar-refractivity contribution in [2.45, 2.75) is 26.7 Å². The summed E-state index contributed by atoms with van der Waals surface area (Å²) in [5, 5.41) is 3.52. The number of allylic oxidation sites excluding steroid dienone is 2. The van der Waals surface area contributed by atoms with E-state index in [2.05, 4.69) is 23.0 Å². The first-order chi connectivity index (χ1) is 17.5. The Morgan fingerprint density at radius 1 is 1.06 bits per heavy atom. The first-order valence-corrected chi connectivity index (χ1v) is 12.0. The molecule has 36 heavy (non-hydrogen) atoms. The van der Waals surface area contributed by atoms with Crippen LogP contribution in [0.4, 0.5) is 16.3 Å². The van der Waals surface area contributed by atoms with Crippen molar-refractivity contribution >= 4 is 28.4 Å². The fourth-order valence-electron chi connectivity index (χ4n) is 4.06. The minimum Gasteiger partial charge on any atom is -0.334 e. The molecule has 0 radical (unpaired) electrons. The standard InChI is InChI=1S/C30H30N4O2/c1-4-5-8-13-22(2)20-32-30(36)34(25-16-11-7-12-17-25)29-19-28(35)26-21-31-23(3)18-27(26)33(29)24-14-9-6-10-15-24/h4,6-7,9-19,21H,1,5,8,20H2,2-3H3,(H,32,36)/b22-13+. The maximum Gasteiger partial charge on any atom is 0.327 e. The Kier molecular flexibility index (Phi) is 7.75. The zero-order valence-electron chi connectivity index (χ0n) is 20.6. The number of benzene rings is 2. The number of urea groups is 1. The minimum absolute atomic E-state index is 0.200. The molecule has 1 N–H and O–H groups in total. The summed E-state index contributed by atoms with van der Waals surface area (Å²) in [6.45, 7) is 8.02. The lowest BCUT2D eigenvalue weighted by Gasteiger charge is -2.28. The van der Waals surface area contributed by atoms with E-state index in [0.29, 0.717) is 29.0 Å². The van der Waals surface area contributed by atoms with Gasteiger partial charge in [0.05, 0.1) is 16.6 Å². The Morgan fingerprint density at radius 2 is 1.75 bits per heavy atom. The fourth-order valence-corrected chi connectivity index (χ4v) is 4.06. The van der Waals surface area contributed by atoms with E-state index < -0.39 is 0 Å². The van der Waals surface area contributed by atoms with Crippen LogP contribution in [0.15, 0.2) is 108 Å². The van der Waals surface area contributed by atoms with Crippen molar-refractivity contribution in [3.8, 4) is 5.69 Å². The predicted molar refractivity (Wildman–Crippen MR) is 147 cm³/mol. The number of aryl methyl sites for hydroxylation is 1. The quantitative estimate of drug-likeness (QED) is 0.234. The second kappa shape index (κ2) is 11.3. The number of hydrogen-bond acceptors (Lipinski definition) is 3. The highest BCUT2D eigenvalue weighted by molar-refractivity contribution is 6.00. The van der Waals surface area contributed by atoms with Gasteiger partial charge in [0, 0.05) is 30.2 Å². The number of rotatable bonds is 8. The number of nitrogens with zero attached hydrogens (tertiary/aromatic N) is 3. The highest BCUT2D eigenvalue weighted by atomic mass is 16.2. The van der Waals surface area contributed by atoms with Crippen LogP contribution in [-0.2, 0) is 0 Å². The molecule has 6 nitrogen and oxygen atoms in total. The molecule has 6 heteroatoms. The number of anilines is 2. The van der Waals surface area contributed by atoms with Crippen molar-refractivity contribution in [2.24, 2.45) is 0 Å². The molecule has 2 aromatic carbocycles. The fraction of sp³-hybridized carbons (Fsp3) is 0.167. The summed E-state index contributed by atoms with van der Waals surface area (Å²) in [5.41, 5.74) is 3.80. The van der Waals surface area contributed by atoms with Gasteiger partial charge in [0.25, 0.3) is 0 Å². The third-order valence-electron chi connectivity index (χ3n) is 5.86. The van der Waals surface area contributed by atoms with E-state index in [0.717, 1.165) is 29.8 Å². The minimum atomic E-state index is -0.327. The lowest BCUT2D eigenvalue weighted by molar-refractivity contribution is 0.249. The number of carbonyl (C=O) groups is 1. The zero-order valence-corrected chi connectivity index (χ0v) is 20.6. The van der Waals surface area contributed by atoms with Crippen molar-refractivity contribution in [1.29, 1.82) is 0 Å². The van der Waals surface area contributed by atoms with Gasteiger partial charge in [-0.2, -0.15) is 0 Å². The second-order valence-corrected chi connectivity index (χ2v) is 8.63. The smallest absolute Gasteiger partial charge is 0.327 e. The molecular formula is C30H30N4O2. The Morgan fingerprint density at radius 3 is 2.44 bits per heavy atom. The maximum absolute atomic E-state index is 13.7. The predicted octanol–water partition coefficient (Wildman–Crippen LogP) is 6.45. The summed E-state index contributed by atoms with van der Waals surface area (Å²) in [7, 11) is 0. The molecule has 0 bridgehead atoms. The molecule has 0 fully saturated rings. The number of para-hydroxylation sites is 2. The van der Waals surface area contributed by atoms with E-state index in [1.54, 1.807) is 11.1 Å². The molecule has 4 rings (SSSR count). The van der Waals surface area contributed by atoms with Gasteiger partial charge < -0.3 is 5.32 Å². The van der Waals surface area contributed by atoms with Gasteiger partial charge >= 0.3 is 6.03 Å². The molecule has 2 aromatic heterocycles. The lowest BCUT2D eigenvalue weighted by Crippen LogP contribution is -2.39. The van der Waals surface area contributed by atoms with Crippen LogP contribution in [0, 0.1) is 6.92 Å². The second-order valence-electron chi connectivity index (χ2n) is 8.63. The molecule has 2 amide bonds. The third kappa shape index (κ3) is 5.44. The number of hydrogen-bond donors (Lipinski definition) is 1. The molecule has 0 spiro atoms. The molecule has 0 aliphatic rings. The number of nitrogens with one attached hydrogen (secondary N) is 1. The summed E-state index contributed by atoms with van der Waals surface area (Å²) >= 11 is 0. The SMILES string of the molecule is C=CCC/C=C(\C)CNC(=O)N(c1ccccc1)c1cc(=O)c2cnc(C)cc2n1-c1ccccc1. The molecule has 0 unspecified atom stereocenters. The van der Waals surface area contributed by atoms with Gasteiger partial charge in [0.2, 0.25) is 0 Å². The van der Waals surface area contributed by atoms with Gasteiger partial charge in [-0.3, -0.25) is 14.3 Å². The van der Waals surface area contributed by atoms with Gasteiger partial charge in [-0.05, 0) is 57.0 Å². The monoisotopic (exact) mass is 478 g/mol. The molecule has 0 saturated carbocycles. The zero-order chi connectivity index (χ0) is 25.5. The van der Waals surface area contributed by atoms with Crippen molar-refractivity contribution in [1.82, 2.24) is 14.9 Å². The van der Waals surface area contributed by atoms with Gasteiger partial charge in [0.1, 0.15) is 5.82 Å². The summed E-state index contributed by atoms with van der Waals surface area (Å²) in [6.07, 6.45) is 7.33. The summed E-state index contributed by atoms with van der Waals surface area (Å²) in [5.74, 6) is 0.446. The number of aromatic nitrogens is 2. The third-order valence-corrected chi connectivity index (χ3v) is 5.86. The first kappa shape index (κ1) is 24.7. The number of carbonyl (C=O) groups excluding carboxylic acids is 1. The topological polar surface area (TPSA) is 67.2 Å². The van der Waals surface area contributed by atoms with Crippen LogP contribution in [0.1, 0.15) is 25.5 Å². The largest absolute Gasteiger partial charge is 0.334 e. The van der Waals surface area contributed by atoms with Crippen LogP contribution >= 0.6 is 0 Å². The lowest BCUT2D eigenvalue weighted by atomic mass is 10.2. The summed E-state index contributed by atoms with van der Waals surface area (Å²) < 4.78 is 1.94. The van der Waals surface area contributed by atoms with Crippen molar-refractivity contribution in [3.05, 3.63) is 119 Å². The van der Waals surface area contributed by atoms with Crippen LogP contribution in [0.5, 0.6) is 0 Å². The highest BCUT2D eigenvalue weighted by Gasteiger charge is 2.24. The summed E-state index contributed by atoms with van der Waals surface area (Å²) in [4.78, 5) is 32.8. The normalized spacial score (nSPS) is 11.3. The number of amides is 2. The van der Waals surface area contributed by atoms with Crippen LogP contribution in [0.3, 0.4) is 0 Å². The van der Waals surface area contributed by atoms with Gasteiger partial charge in [-0.1, -0.05) is 54.1 Å². The molecule has 0 aliphatic heterocycles. The van der Waals surface area contributed by atoms with Crippen LogP contribution in [-0.4, -0.2) is 22.1 Å². The van der Waals surface area contributed by atoms with E-state index in [1.807, 2.05) is 91.2 Å². The van der Waals surface area contributed by atoms with Gasteiger partial charge in [-0.15, -0.1) is 6.58 Å². The molecule has 0 atom stereocenters. The van der Waals surface area contributed by atoms with Crippen molar-refractivity contribution in [2.75, 3.05) is 11.4 Å². The van der Waals surface area contributed by atoms with Gasteiger partial charge in [0.15, 0.2) is 5.43 Å². The average Bonchev–Trinajstić information content (AvgIpc) is 2.89. The Balaban J connectivity index is 1.88. The Labute approximate surface area is 211 Å². The Hall–Kier alpha value is -4.45. The van der Waals surface area contributed by atoms with E-state index in [1.165, 1.54) is 6.07 Å². The molecule has 0 saturated heterocycles. The number of fused-ring (bicyclic) bond motifs is 1. The van der Waals surface area contributed by atoms with Crippen LogP contribution < -0.4 is 15.6 Å². The molecular weight excluding hydrogens is 448 g/mol.